The predicted octanol–water partition coefficient (Wildman–Crippen LogP) is 4.09. The summed E-state index contributed by atoms with van der Waals surface area (Å²) in [5.74, 6) is 0.972. The van der Waals surface area contributed by atoms with Crippen LogP contribution in [0.2, 0.25) is 0 Å². The van der Waals surface area contributed by atoms with Gasteiger partial charge in [0, 0.05) is 12.2 Å². The number of hydrogen-bond acceptors (Lipinski definition) is 3. The maximum absolute atomic E-state index is 5.56. The largest absolute Gasteiger partial charge is 0.454 e. The Morgan fingerprint density at radius 3 is 2.75 bits per heavy atom. The molecule has 0 spiro atoms. The minimum Gasteiger partial charge on any atom is -0.454 e. The molecule has 1 N–H and O–H groups in total. The molecule has 0 atom stereocenters. The lowest BCUT2D eigenvalue weighted by atomic mass is 10.2. The van der Waals surface area contributed by atoms with Crippen molar-refractivity contribution in [2.45, 2.75) is 25.9 Å². The molecule has 0 bridgehead atoms. The highest BCUT2D eigenvalue weighted by Crippen LogP contribution is 2.17. The second-order valence-corrected chi connectivity index (χ2v) is 6.31. The minimum atomic E-state index is 0.732. The zero-order chi connectivity index (χ0) is 13.8. The first-order valence-corrected chi connectivity index (χ1v) is 8.17. The van der Waals surface area contributed by atoms with E-state index < -0.39 is 0 Å². The monoisotopic (exact) mass is 382 g/mol. The lowest BCUT2D eigenvalue weighted by Gasteiger charge is -2.15. The quantitative estimate of drug-likeness (QED) is 0.790. The number of furan rings is 1. The first-order valence-electron chi connectivity index (χ1n) is 7.09. The molecule has 1 aliphatic heterocycles. The smallest absolute Gasteiger partial charge is 0.164 e. The molecule has 0 aliphatic carbocycles. The van der Waals surface area contributed by atoms with E-state index in [9.17, 15) is 0 Å². The Kier molecular flexibility index (Phi) is 4.62. The first kappa shape index (κ1) is 13.9. The SMILES string of the molecule is Ic1ccc(CNc2cccc(CN3CCCC3)c2)o1. The Bertz CT molecular complexity index is 561. The topological polar surface area (TPSA) is 28.4 Å². The van der Waals surface area contributed by atoms with Gasteiger partial charge in [0.15, 0.2) is 3.77 Å². The molecule has 3 rings (SSSR count). The fourth-order valence-corrected chi connectivity index (χ4v) is 3.08. The molecule has 1 aromatic heterocycles. The van der Waals surface area contributed by atoms with Gasteiger partial charge in [-0.2, -0.15) is 0 Å². The van der Waals surface area contributed by atoms with Gasteiger partial charge in [0.2, 0.25) is 0 Å². The lowest BCUT2D eigenvalue weighted by Crippen LogP contribution is -2.18. The van der Waals surface area contributed by atoms with Crippen molar-refractivity contribution in [2.24, 2.45) is 0 Å². The van der Waals surface area contributed by atoms with Crippen molar-refractivity contribution in [3.63, 3.8) is 0 Å². The first-order chi connectivity index (χ1) is 9.79. The van der Waals surface area contributed by atoms with Crippen molar-refractivity contribution < 1.29 is 4.42 Å². The summed E-state index contributed by atoms with van der Waals surface area (Å²) in [6, 6.07) is 12.7. The van der Waals surface area contributed by atoms with Crippen molar-refractivity contribution in [1.82, 2.24) is 4.90 Å². The average molecular weight is 382 g/mol. The number of nitrogens with one attached hydrogen (secondary N) is 1. The molecule has 20 heavy (non-hydrogen) atoms. The van der Waals surface area contributed by atoms with Gasteiger partial charge in [-0.15, -0.1) is 0 Å². The van der Waals surface area contributed by atoms with Crippen LogP contribution in [0.4, 0.5) is 5.69 Å². The van der Waals surface area contributed by atoms with Crippen LogP contribution in [0.25, 0.3) is 0 Å². The lowest BCUT2D eigenvalue weighted by molar-refractivity contribution is 0.331. The van der Waals surface area contributed by atoms with Gasteiger partial charge in [0.25, 0.3) is 0 Å². The molecular formula is C16H19IN2O. The summed E-state index contributed by atoms with van der Waals surface area (Å²) in [4.78, 5) is 2.52. The van der Waals surface area contributed by atoms with Crippen molar-refractivity contribution >= 4 is 28.3 Å². The van der Waals surface area contributed by atoms with E-state index in [1.54, 1.807) is 0 Å². The fourth-order valence-electron chi connectivity index (χ4n) is 2.61. The van der Waals surface area contributed by atoms with Crippen LogP contribution in [0.5, 0.6) is 0 Å². The Balaban J connectivity index is 1.58. The average Bonchev–Trinajstić information content (AvgIpc) is 3.09. The summed E-state index contributed by atoms with van der Waals surface area (Å²) in [6.45, 7) is 4.27. The maximum atomic E-state index is 5.56. The van der Waals surface area contributed by atoms with Crippen LogP contribution in [0, 0.1) is 3.77 Å². The van der Waals surface area contributed by atoms with E-state index in [0.717, 1.165) is 28.3 Å². The Morgan fingerprint density at radius 1 is 1.15 bits per heavy atom. The Hall–Kier alpha value is -1.01. The van der Waals surface area contributed by atoms with Gasteiger partial charge in [-0.3, -0.25) is 4.90 Å². The van der Waals surface area contributed by atoms with Gasteiger partial charge >= 0.3 is 0 Å². The van der Waals surface area contributed by atoms with Gasteiger partial charge < -0.3 is 9.73 Å². The highest BCUT2D eigenvalue weighted by Gasteiger charge is 2.11. The third-order valence-corrected chi connectivity index (χ3v) is 4.21. The number of rotatable bonds is 5. The third kappa shape index (κ3) is 3.76. The number of hydrogen-bond donors (Lipinski definition) is 1. The zero-order valence-corrected chi connectivity index (χ0v) is 13.6. The van der Waals surface area contributed by atoms with Gasteiger partial charge in [0.1, 0.15) is 5.76 Å². The Labute approximate surface area is 133 Å². The third-order valence-electron chi connectivity index (χ3n) is 3.63. The number of nitrogens with zero attached hydrogens (tertiary/aromatic N) is 1. The van der Waals surface area contributed by atoms with Crippen LogP contribution < -0.4 is 5.32 Å². The number of likely N-dealkylation sites (tertiary alicyclic amines) is 1. The summed E-state index contributed by atoms with van der Waals surface area (Å²) in [5, 5.41) is 3.42. The molecule has 1 fully saturated rings. The van der Waals surface area contributed by atoms with Gasteiger partial charge in [-0.25, -0.2) is 0 Å². The second-order valence-electron chi connectivity index (χ2n) is 5.24. The number of halogens is 1. The summed E-state index contributed by atoms with van der Waals surface area (Å²) in [5.41, 5.74) is 2.54. The Morgan fingerprint density at radius 2 is 2.00 bits per heavy atom. The van der Waals surface area contributed by atoms with Crippen LogP contribution in [-0.4, -0.2) is 18.0 Å². The molecule has 1 saturated heterocycles. The van der Waals surface area contributed by atoms with E-state index in [4.69, 9.17) is 4.42 Å². The highest BCUT2D eigenvalue weighted by atomic mass is 127. The van der Waals surface area contributed by atoms with Crippen LogP contribution in [0.1, 0.15) is 24.2 Å². The number of anilines is 1. The molecule has 4 heteroatoms. The van der Waals surface area contributed by atoms with Crippen LogP contribution in [0.15, 0.2) is 40.8 Å². The zero-order valence-electron chi connectivity index (χ0n) is 11.4. The van der Waals surface area contributed by atoms with E-state index in [2.05, 4.69) is 57.1 Å². The van der Waals surface area contributed by atoms with E-state index in [1.807, 2.05) is 12.1 Å². The van der Waals surface area contributed by atoms with Crippen LogP contribution >= 0.6 is 22.6 Å². The molecular weight excluding hydrogens is 363 g/mol. The summed E-state index contributed by atoms with van der Waals surface area (Å²) >= 11 is 2.19. The number of benzene rings is 1. The maximum Gasteiger partial charge on any atom is 0.164 e. The standard InChI is InChI=1S/C16H19IN2O/c17-16-7-6-15(20-16)11-18-14-5-3-4-13(10-14)12-19-8-1-2-9-19/h3-7,10,18H,1-2,8-9,11-12H2. The van der Waals surface area contributed by atoms with Gasteiger partial charge in [-0.1, -0.05) is 12.1 Å². The van der Waals surface area contributed by atoms with Crippen LogP contribution in [-0.2, 0) is 13.1 Å². The molecule has 106 valence electrons. The van der Waals surface area contributed by atoms with Crippen molar-refractivity contribution in [3.05, 3.63) is 51.5 Å². The molecule has 0 radical (unpaired) electrons. The van der Waals surface area contributed by atoms with Crippen molar-refractivity contribution in [2.75, 3.05) is 18.4 Å². The second kappa shape index (κ2) is 6.63. The highest BCUT2D eigenvalue weighted by molar-refractivity contribution is 14.1. The molecule has 0 amide bonds. The molecule has 0 unspecified atom stereocenters. The van der Waals surface area contributed by atoms with Crippen molar-refractivity contribution in [1.29, 1.82) is 0 Å². The van der Waals surface area contributed by atoms with Gasteiger partial charge in [0.05, 0.1) is 6.54 Å². The summed E-state index contributed by atoms with van der Waals surface area (Å²) < 4.78 is 6.49. The molecule has 2 heterocycles. The van der Waals surface area contributed by atoms with E-state index >= 15 is 0 Å². The molecule has 3 nitrogen and oxygen atoms in total. The fraction of sp³-hybridized carbons (Fsp3) is 0.375. The predicted molar refractivity (Wildman–Crippen MR) is 89.7 cm³/mol. The van der Waals surface area contributed by atoms with Gasteiger partial charge in [-0.05, 0) is 78.4 Å². The summed E-state index contributed by atoms with van der Waals surface area (Å²) in [6.07, 6.45) is 2.68. The normalized spacial score (nSPS) is 15.7. The molecule has 0 saturated carbocycles. The molecule has 1 aliphatic rings. The van der Waals surface area contributed by atoms with E-state index in [-0.39, 0.29) is 0 Å². The summed E-state index contributed by atoms with van der Waals surface area (Å²) in [7, 11) is 0. The van der Waals surface area contributed by atoms with Crippen molar-refractivity contribution in [3.8, 4) is 0 Å². The van der Waals surface area contributed by atoms with E-state index in [0.29, 0.717) is 0 Å². The molecule has 2 aromatic rings. The molecule has 1 aromatic carbocycles. The van der Waals surface area contributed by atoms with Crippen LogP contribution in [0.3, 0.4) is 0 Å². The minimum absolute atomic E-state index is 0.732. The van der Waals surface area contributed by atoms with E-state index in [1.165, 1.54) is 31.5 Å².